The first-order valence-corrected chi connectivity index (χ1v) is 16.6. The molecular weight excluding hydrogens is 431 g/mol. The van der Waals surface area contributed by atoms with E-state index in [0.717, 1.165) is 25.3 Å². The van der Waals surface area contributed by atoms with Crippen LogP contribution in [0, 0.1) is 0 Å². The lowest BCUT2D eigenvalue weighted by Gasteiger charge is -2.07. The highest BCUT2D eigenvalue weighted by Gasteiger charge is 2.23. The monoisotopic (exact) mass is 470 g/mol. The summed E-state index contributed by atoms with van der Waals surface area (Å²) in [6.07, 6.45) is 23.8. The molecule has 2 nitrogen and oxygen atoms in total. The minimum Gasteiger partial charge on any atom is -0.463 e. The fraction of sp³-hybridized carbons (Fsp3) is 0.864. The van der Waals surface area contributed by atoms with E-state index in [0.29, 0.717) is 6.61 Å². The van der Waals surface area contributed by atoms with Gasteiger partial charge < -0.3 is 4.74 Å². The van der Waals surface area contributed by atoms with Gasteiger partial charge in [0.05, 0.1) is 6.61 Å². The van der Waals surface area contributed by atoms with E-state index in [1.54, 1.807) is 6.08 Å². The molecule has 0 heterocycles. The quantitative estimate of drug-likeness (QED) is 0.0582. The van der Waals surface area contributed by atoms with E-state index < -0.39 is 6.00 Å². The molecule has 0 aromatic heterocycles. The van der Waals surface area contributed by atoms with Crippen LogP contribution in [0.3, 0.4) is 0 Å². The van der Waals surface area contributed by atoms with Gasteiger partial charge in [-0.05, 0) is 19.4 Å². The molecule has 0 rings (SSSR count). The summed E-state index contributed by atoms with van der Waals surface area (Å²) < 4.78 is 5.08. The Labute approximate surface area is 188 Å². The zero-order valence-corrected chi connectivity index (χ0v) is 21.1. The van der Waals surface area contributed by atoms with Crippen molar-refractivity contribution in [2.75, 3.05) is 6.61 Å². The Morgan fingerprint density at radius 1 is 0.679 bits per heavy atom. The molecule has 0 aromatic rings. The molecule has 28 heavy (non-hydrogen) atoms. The highest BCUT2D eigenvalue weighted by atomic mass is 35.8. The third-order valence-electron chi connectivity index (χ3n) is 4.90. The lowest BCUT2D eigenvalue weighted by Crippen LogP contribution is -2.07. The summed E-state index contributed by atoms with van der Waals surface area (Å²) in [6, 6.07) is -1.57. The van der Waals surface area contributed by atoms with Gasteiger partial charge in [-0.2, -0.15) is 0 Å². The van der Waals surface area contributed by atoms with Crippen LogP contribution in [0.4, 0.5) is 0 Å². The summed E-state index contributed by atoms with van der Waals surface area (Å²) in [5, 5.41) is 0. The molecule has 6 heteroatoms. The lowest BCUT2D eigenvalue weighted by molar-refractivity contribution is -0.137. The van der Waals surface area contributed by atoms with Gasteiger partial charge in [0.2, 0.25) is 0 Å². The fourth-order valence-electron chi connectivity index (χ4n) is 3.26. The second-order valence-electron chi connectivity index (χ2n) is 7.69. The Hall–Kier alpha value is 0.297. The van der Waals surface area contributed by atoms with Gasteiger partial charge in [-0.25, -0.2) is 4.79 Å². The van der Waals surface area contributed by atoms with Crippen molar-refractivity contribution in [3.63, 3.8) is 0 Å². The first-order valence-electron chi connectivity index (χ1n) is 11.3. The molecular formula is C22H41Cl3O2Si. The normalized spacial score (nSPS) is 12.0. The maximum absolute atomic E-state index is 11.1. The second kappa shape index (κ2) is 20.6. The summed E-state index contributed by atoms with van der Waals surface area (Å²) in [7, 11) is 0. The molecule has 0 saturated heterocycles. The van der Waals surface area contributed by atoms with E-state index in [1.807, 2.05) is 6.92 Å². The van der Waals surface area contributed by atoms with Crippen LogP contribution in [0.2, 0.25) is 6.04 Å². The van der Waals surface area contributed by atoms with Crippen molar-refractivity contribution in [3.05, 3.63) is 12.2 Å². The van der Waals surface area contributed by atoms with Gasteiger partial charge in [-0.15, -0.1) is 33.2 Å². The highest BCUT2D eigenvalue weighted by molar-refractivity contribution is 7.64. The molecule has 0 spiro atoms. The molecule has 0 fully saturated rings. The van der Waals surface area contributed by atoms with E-state index in [9.17, 15) is 4.79 Å². The van der Waals surface area contributed by atoms with Crippen LogP contribution in [0.25, 0.3) is 0 Å². The highest BCUT2D eigenvalue weighted by Crippen LogP contribution is 2.27. The standard InChI is InChI=1S/C22H41Cl3O2Si/c1-2-19-22(26)27-20-17-15-13-11-9-7-5-3-4-6-8-10-12-14-16-18-21-28(23,24)25/h2,19H,3-18,20-21H2,1H3. The molecule has 0 bridgehead atoms. The van der Waals surface area contributed by atoms with Crippen molar-refractivity contribution < 1.29 is 9.53 Å². The van der Waals surface area contributed by atoms with E-state index in [2.05, 4.69) is 0 Å². The van der Waals surface area contributed by atoms with Gasteiger partial charge in [0.1, 0.15) is 0 Å². The molecule has 0 N–H and O–H groups in total. The number of hydrogen-bond donors (Lipinski definition) is 0. The number of allylic oxidation sites excluding steroid dienone is 1. The third kappa shape index (κ3) is 24.3. The molecule has 0 aromatic carbocycles. The van der Waals surface area contributed by atoms with E-state index in [4.69, 9.17) is 38.0 Å². The maximum atomic E-state index is 11.1. The van der Waals surface area contributed by atoms with Crippen LogP contribution < -0.4 is 0 Å². The van der Waals surface area contributed by atoms with Crippen molar-refractivity contribution in [1.29, 1.82) is 0 Å². The number of halogens is 3. The predicted molar refractivity (Wildman–Crippen MR) is 128 cm³/mol. The summed E-state index contributed by atoms with van der Waals surface area (Å²) in [5.74, 6) is -0.221. The Kier molecular flexibility index (Phi) is 20.8. The van der Waals surface area contributed by atoms with Crippen molar-refractivity contribution in [2.45, 2.75) is 116 Å². The minimum absolute atomic E-state index is 0.221. The fourth-order valence-corrected chi connectivity index (χ4v) is 5.11. The van der Waals surface area contributed by atoms with Crippen LogP contribution in [0.5, 0.6) is 0 Å². The molecule has 0 aliphatic rings. The summed E-state index contributed by atoms with van der Waals surface area (Å²) in [6.45, 7) is 2.38. The van der Waals surface area contributed by atoms with Crippen LogP contribution >= 0.6 is 33.2 Å². The number of unbranched alkanes of at least 4 members (excludes halogenated alkanes) is 15. The Bertz CT molecular complexity index is 384. The molecule has 0 saturated carbocycles. The van der Waals surface area contributed by atoms with Crippen LogP contribution in [-0.2, 0) is 9.53 Å². The minimum atomic E-state index is -2.38. The van der Waals surface area contributed by atoms with Gasteiger partial charge in [-0.1, -0.05) is 102 Å². The Balaban J connectivity index is 3.09. The van der Waals surface area contributed by atoms with Gasteiger partial charge in [0.15, 0.2) is 0 Å². The number of esters is 1. The van der Waals surface area contributed by atoms with Crippen LogP contribution in [0.15, 0.2) is 12.2 Å². The zero-order chi connectivity index (χ0) is 20.9. The first-order chi connectivity index (χ1) is 13.5. The van der Waals surface area contributed by atoms with E-state index >= 15 is 0 Å². The number of carbonyl (C=O) groups is 1. The Morgan fingerprint density at radius 3 is 1.39 bits per heavy atom. The third-order valence-corrected chi connectivity index (χ3v) is 7.52. The van der Waals surface area contributed by atoms with Gasteiger partial charge in [-0.3, -0.25) is 0 Å². The summed E-state index contributed by atoms with van der Waals surface area (Å²) in [5.41, 5.74) is 0. The Morgan fingerprint density at radius 2 is 1.04 bits per heavy atom. The molecule has 0 aliphatic carbocycles. The van der Waals surface area contributed by atoms with Gasteiger partial charge >= 0.3 is 12.0 Å². The summed E-state index contributed by atoms with van der Waals surface area (Å²) in [4.78, 5) is 11.1. The molecule has 0 unspecified atom stereocenters. The van der Waals surface area contributed by atoms with Crippen molar-refractivity contribution in [1.82, 2.24) is 0 Å². The number of rotatable bonds is 20. The van der Waals surface area contributed by atoms with E-state index in [1.165, 1.54) is 89.5 Å². The summed E-state index contributed by atoms with van der Waals surface area (Å²) >= 11 is 17.6. The van der Waals surface area contributed by atoms with Crippen LogP contribution in [0.1, 0.15) is 110 Å². The number of hydrogen-bond acceptors (Lipinski definition) is 2. The topological polar surface area (TPSA) is 26.3 Å². The second-order valence-corrected chi connectivity index (χ2v) is 17.0. The largest absolute Gasteiger partial charge is 0.463 e. The lowest BCUT2D eigenvalue weighted by atomic mass is 10.0. The zero-order valence-electron chi connectivity index (χ0n) is 17.8. The van der Waals surface area contributed by atoms with Crippen molar-refractivity contribution in [2.24, 2.45) is 0 Å². The number of ether oxygens (including phenoxy) is 1. The molecule has 0 atom stereocenters. The average molecular weight is 472 g/mol. The molecule has 0 amide bonds. The average Bonchev–Trinajstić information content (AvgIpc) is 2.63. The molecule has 0 aliphatic heterocycles. The van der Waals surface area contributed by atoms with E-state index in [-0.39, 0.29) is 5.97 Å². The van der Waals surface area contributed by atoms with Gasteiger partial charge in [0, 0.05) is 6.08 Å². The maximum Gasteiger partial charge on any atom is 0.341 e. The van der Waals surface area contributed by atoms with Gasteiger partial charge in [0.25, 0.3) is 0 Å². The van der Waals surface area contributed by atoms with Crippen LogP contribution in [-0.4, -0.2) is 18.6 Å². The molecule has 166 valence electrons. The number of carbonyl (C=O) groups excluding carboxylic acids is 1. The first kappa shape index (κ1) is 28.3. The van der Waals surface area contributed by atoms with Crippen molar-refractivity contribution >= 4 is 45.2 Å². The SMILES string of the molecule is CC=CC(=O)OCCCCCCCCCCCCCCCCCC[Si](Cl)(Cl)Cl. The predicted octanol–water partition coefficient (Wildman–Crippen LogP) is 9.00. The van der Waals surface area contributed by atoms with Crippen molar-refractivity contribution in [3.8, 4) is 0 Å². The molecule has 0 radical (unpaired) electrons. The smallest absolute Gasteiger partial charge is 0.341 e.